The van der Waals surface area contributed by atoms with Gasteiger partial charge in [-0.05, 0) is 30.9 Å². The summed E-state index contributed by atoms with van der Waals surface area (Å²) in [6, 6.07) is 5.52. The zero-order valence-electron chi connectivity index (χ0n) is 14.2. The van der Waals surface area contributed by atoms with Crippen LogP contribution in [0.25, 0.3) is 0 Å². The first kappa shape index (κ1) is 16.6. The van der Waals surface area contributed by atoms with Gasteiger partial charge in [0.25, 0.3) is 0 Å². The van der Waals surface area contributed by atoms with Gasteiger partial charge in [0.2, 0.25) is 0 Å². The predicted octanol–water partition coefficient (Wildman–Crippen LogP) is 4.18. The molecule has 1 aromatic rings. The lowest BCUT2D eigenvalue weighted by Crippen LogP contribution is -2.35. The number of nitrogens with zero attached hydrogens (tertiary/aromatic N) is 1. The van der Waals surface area contributed by atoms with Gasteiger partial charge in [-0.2, -0.15) is 0 Å². The predicted molar refractivity (Wildman–Crippen MR) is 88.2 cm³/mol. The summed E-state index contributed by atoms with van der Waals surface area (Å²) in [6.45, 7) is 11.9. The Labute approximate surface area is 130 Å². The average molecular weight is 292 g/mol. The van der Waals surface area contributed by atoms with Gasteiger partial charge in [-0.15, -0.1) is 0 Å². The van der Waals surface area contributed by atoms with E-state index in [1.54, 1.807) is 0 Å². The lowest BCUT2D eigenvalue weighted by atomic mass is 10.1. The van der Waals surface area contributed by atoms with Gasteiger partial charge >= 0.3 is 0 Å². The maximum Gasteiger partial charge on any atom is 0.118 e. The Morgan fingerprint density at radius 2 is 1.81 bits per heavy atom. The van der Waals surface area contributed by atoms with Gasteiger partial charge in [0, 0.05) is 18.6 Å². The van der Waals surface area contributed by atoms with Crippen LogP contribution in [-0.2, 0) is 13.1 Å². The summed E-state index contributed by atoms with van der Waals surface area (Å²) in [5.74, 6) is 2.88. The van der Waals surface area contributed by atoms with Crippen molar-refractivity contribution in [2.24, 2.45) is 5.92 Å². The van der Waals surface area contributed by atoms with Gasteiger partial charge in [-0.3, -0.25) is 4.90 Å². The SMILES string of the molecule is CC(C)CN(Cc1ccc(CNC(C)C)o1)C1CCCC1. The third kappa shape index (κ3) is 5.48. The normalized spacial score (nSPS) is 16.7. The van der Waals surface area contributed by atoms with E-state index in [9.17, 15) is 0 Å². The summed E-state index contributed by atoms with van der Waals surface area (Å²) >= 11 is 0. The van der Waals surface area contributed by atoms with Crippen LogP contribution in [0.2, 0.25) is 0 Å². The standard InChI is InChI=1S/C18H32N2O/c1-14(2)12-20(16-7-5-6-8-16)13-18-10-9-17(21-18)11-19-15(3)4/h9-10,14-16,19H,5-8,11-13H2,1-4H3. The molecular formula is C18H32N2O. The van der Waals surface area contributed by atoms with Crippen LogP contribution in [0.15, 0.2) is 16.5 Å². The second-order valence-electron chi connectivity index (χ2n) is 7.17. The van der Waals surface area contributed by atoms with Crippen LogP contribution in [0, 0.1) is 5.92 Å². The maximum atomic E-state index is 6.00. The molecule has 1 saturated carbocycles. The third-order valence-corrected chi connectivity index (χ3v) is 4.20. The molecule has 0 spiro atoms. The second kappa shape index (κ2) is 8.00. The first-order valence-electron chi connectivity index (χ1n) is 8.59. The molecule has 21 heavy (non-hydrogen) atoms. The molecule has 0 aromatic carbocycles. The molecular weight excluding hydrogens is 260 g/mol. The Hall–Kier alpha value is -0.800. The molecule has 0 amide bonds. The number of hydrogen-bond donors (Lipinski definition) is 1. The van der Waals surface area contributed by atoms with Crippen LogP contribution in [0.3, 0.4) is 0 Å². The van der Waals surface area contributed by atoms with E-state index in [1.807, 2.05) is 0 Å². The van der Waals surface area contributed by atoms with Crippen LogP contribution in [0.1, 0.15) is 64.9 Å². The lowest BCUT2D eigenvalue weighted by molar-refractivity contribution is 0.155. The number of rotatable bonds is 8. The van der Waals surface area contributed by atoms with Gasteiger partial charge in [0.1, 0.15) is 11.5 Å². The van der Waals surface area contributed by atoms with Crippen LogP contribution >= 0.6 is 0 Å². The van der Waals surface area contributed by atoms with Gasteiger partial charge in [-0.1, -0.05) is 40.5 Å². The van der Waals surface area contributed by atoms with E-state index < -0.39 is 0 Å². The van der Waals surface area contributed by atoms with Crippen molar-refractivity contribution in [1.29, 1.82) is 0 Å². The lowest BCUT2D eigenvalue weighted by Gasteiger charge is -2.29. The van der Waals surface area contributed by atoms with Crippen LogP contribution < -0.4 is 5.32 Å². The number of hydrogen-bond acceptors (Lipinski definition) is 3. The van der Waals surface area contributed by atoms with Crippen molar-refractivity contribution in [3.63, 3.8) is 0 Å². The highest BCUT2D eigenvalue weighted by atomic mass is 16.3. The fourth-order valence-corrected chi connectivity index (χ4v) is 3.19. The molecule has 0 unspecified atom stereocenters. The van der Waals surface area contributed by atoms with Crippen molar-refractivity contribution in [3.05, 3.63) is 23.7 Å². The highest BCUT2D eigenvalue weighted by Crippen LogP contribution is 2.26. The topological polar surface area (TPSA) is 28.4 Å². The Bertz CT molecular complexity index is 405. The van der Waals surface area contributed by atoms with E-state index in [2.05, 4.69) is 50.0 Å². The summed E-state index contributed by atoms with van der Waals surface area (Å²) in [4.78, 5) is 2.64. The Morgan fingerprint density at radius 1 is 1.14 bits per heavy atom. The molecule has 1 aliphatic carbocycles. The highest BCUT2D eigenvalue weighted by Gasteiger charge is 2.24. The van der Waals surface area contributed by atoms with Crippen molar-refractivity contribution >= 4 is 0 Å². The van der Waals surface area contributed by atoms with Gasteiger partial charge in [0.15, 0.2) is 0 Å². The van der Waals surface area contributed by atoms with Gasteiger partial charge in [-0.25, -0.2) is 0 Å². The molecule has 0 aliphatic heterocycles. The Kier molecular flexibility index (Phi) is 6.31. The Morgan fingerprint density at radius 3 is 2.43 bits per heavy atom. The van der Waals surface area contributed by atoms with Crippen LogP contribution in [0.5, 0.6) is 0 Å². The molecule has 1 fully saturated rings. The zero-order valence-corrected chi connectivity index (χ0v) is 14.2. The van der Waals surface area contributed by atoms with Crippen molar-refractivity contribution in [2.75, 3.05) is 6.54 Å². The molecule has 1 N–H and O–H groups in total. The minimum atomic E-state index is 0.495. The second-order valence-corrected chi connectivity index (χ2v) is 7.17. The van der Waals surface area contributed by atoms with Crippen molar-refractivity contribution in [3.8, 4) is 0 Å². The summed E-state index contributed by atoms with van der Waals surface area (Å²) in [7, 11) is 0. The largest absolute Gasteiger partial charge is 0.463 e. The highest BCUT2D eigenvalue weighted by molar-refractivity contribution is 5.07. The minimum Gasteiger partial charge on any atom is -0.463 e. The van der Waals surface area contributed by atoms with Gasteiger partial charge < -0.3 is 9.73 Å². The fourth-order valence-electron chi connectivity index (χ4n) is 3.19. The van der Waals surface area contributed by atoms with E-state index in [0.29, 0.717) is 12.0 Å². The van der Waals surface area contributed by atoms with Gasteiger partial charge in [0.05, 0.1) is 13.1 Å². The minimum absolute atomic E-state index is 0.495. The molecule has 2 rings (SSSR count). The molecule has 1 aliphatic rings. The zero-order chi connectivity index (χ0) is 15.2. The first-order chi connectivity index (χ1) is 10.0. The molecule has 0 saturated heterocycles. The van der Waals surface area contributed by atoms with Crippen molar-refractivity contribution in [1.82, 2.24) is 10.2 Å². The average Bonchev–Trinajstić information content (AvgIpc) is 3.06. The molecule has 0 bridgehead atoms. The first-order valence-corrected chi connectivity index (χ1v) is 8.59. The Balaban J connectivity index is 1.92. The van der Waals surface area contributed by atoms with Crippen LogP contribution in [-0.4, -0.2) is 23.5 Å². The molecule has 0 atom stereocenters. The molecule has 1 aromatic heterocycles. The van der Waals surface area contributed by atoms with E-state index in [0.717, 1.165) is 30.7 Å². The molecule has 1 heterocycles. The molecule has 3 nitrogen and oxygen atoms in total. The monoisotopic (exact) mass is 292 g/mol. The van der Waals surface area contributed by atoms with E-state index >= 15 is 0 Å². The third-order valence-electron chi connectivity index (χ3n) is 4.20. The summed E-state index contributed by atoms with van der Waals surface area (Å²) < 4.78 is 6.00. The molecule has 0 radical (unpaired) electrons. The van der Waals surface area contributed by atoms with Crippen molar-refractivity contribution < 1.29 is 4.42 Å². The quantitative estimate of drug-likeness (QED) is 0.779. The number of furan rings is 1. The molecule has 3 heteroatoms. The maximum absolute atomic E-state index is 6.00. The molecule has 120 valence electrons. The summed E-state index contributed by atoms with van der Waals surface area (Å²) in [5.41, 5.74) is 0. The fraction of sp³-hybridized carbons (Fsp3) is 0.778. The van der Waals surface area contributed by atoms with E-state index in [-0.39, 0.29) is 0 Å². The summed E-state index contributed by atoms with van der Waals surface area (Å²) in [5, 5.41) is 3.41. The van der Waals surface area contributed by atoms with E-state index in [4.69, 9.17) is 4.42 Å². The smallest absolute Gasteiger partial charge is 0.118 e. The van der Waals surface area contributed by atoms with E-state index in [1.165, 1.54) is 32.2 Å². The van der Waals surface area contributed by atoms with Crippen molar-refractivity contribution in [2.45, 2.75) is 78.6 Å². The summed E-state index contributed by atoms with van der Waals surface area (Å²) in [6.07, 6.45) is 5.49. The van der Waals surface area contributed by atoms with Crippen LogP contribution in [0.4, 0.5) is 0 Å². The number of nitrogens with one attached hydrogen (secondary N) is 1.